The van der Waals surface area contributed by atoms with Crippen molar-refractivity contribution >= 4 is 0 Å². The van der Waals surface area contributed by atoms with Crippen LogP contribution in [0.2, 0.25) is 0 Å². The average Bonchev–Trinajstić information content (AvgIpc) is 3.47. The van der Waals surface area contributed by atoms with Crippen LogP contribution in [-0.4, -0.2) is 100 Å². The fraction of sp³-hybridized carbons (Fsp3) is 0.812. The number of ether oxygens (including phenoxy) is 4. The maximum absolute atomic E-state index is 11.5. The lowest BCUT2D eigenvalue weighted by Gasteiger charge is -2.44. The molecule has 3 rings (SSSR count). The molecule has 0 aromatic rings. The molecule has 0 aromatic heterocycles. The lowest BCUT2D eigenvalue weighted by Crippen LogP contribution is -2.61. The molecule has 2 fully saturated rings. The number of hydrogen-bond donors (Lipinski definition) is 5. The van der Waals surface area contributed by atoms with Crippen LogP contribution in [0, 0.1) is 17.3 Å². The van der Waals surface area contributed by atoms with Crippen molar-refractivity contribution in [3.8, 4) is 0 Å². The first-order chi connectivity index (χ1) is 19.2. The predicted molar refractivity (Wildman–Crippen MR) is 156 cm³/mol. The minimum atomic E-state index is -1.57. The van der Waals surface area contributed by atoms with E-state index in [1.54, 1.807) is 13.2 Å². The van der Waals surface area contributed by atoms with Crippen LogP contribution in [-0.2, 0) is 18.9 Å². The van der Waals surface area contributed by atoms with Crippen LogP contribution in [0.3, 0.4) is 0 Å². The van der Waals surface area contributed by atoms with E-state index in [9.17, 15) is 25.5 Å². The molecule has 1 saturated heterocycles. The molecule has 1 saturated carbocycles. The van der Waals surface area contributed by atoms with Crippen molar-refractivity contribution in [3.63, 3.8) is 0 Å². The molecule has 0 radical (unpaired) electrons. The van der Waals surface area contributed by atoms with E-state index < -0.39 is 60.0 Å². The van der Waals surface area contributed by atoms with Crippen molar-refractivity contribution in [3.05, 3.63) is 35.5 Å². The summed E-state index contributed by atoms with van der Waals surface area (Å²) in [7, 11) is 1.70. The molecular formula is C32H54O9. The van der Waals surface area contributed by atoms with Gasteiger partial charge in [-0.05, 0) is 64.4 Å². The molecule has 0 amide bonds. The molecule has 5 N–H and O–H groups in total. The lowest BCUT2D eigenvalue weighted by molar-refractivity contribution is -0.317. The van der Waals surface area contributed by atoms with E-state index in [1.807, 2.05) is 27.7 Å². The Hall–Kier alpha value is -1.14. The van der Waals surface area contributed by atoms with Crippen LogP contribution in [0.5, 0.6) is 0 Å². The van der Waals surface area contributed by atoms with E-state index in [-0.39, 0.29) is 18.4 Å². The Bertz CT molecular complexity index is 943. The van der Waals surface area contributed by atoms with Gasteiger partial charge in [-0.3, -0.25) is 0 Å². The van der Waals surface area contributed by atoms with E-state index in [0.29, 0.717) is 19.4 Å². The Labute approximate surface area is 245 Å². The molecule has 2 aliphatic carbocycles. The number of aliphatic hydroxyl groups is 5. The van der Waals surface area contributed by atoms with Gasteiger partial charge in [0.1, 0.15) is 30.5 Å². The Kier molecular flexibility index (Phi) is 11.8. The molecule has 1 aliphatic heterocycles. The molecule has 9 heteroatoms. The van der Waals surface area contributed by atoms with E-state index in [0.717, 1.165) is 30.4 Å². The molecular weight excluding hydrogens is 528 g/mol. The van der Waals surface area contributed by atoms with Gasteiger partial charge >= 0.3 is 0 Å². The zero-order valence-electron chi connectivity index (χ0n) is 26.0. The van der Waals surface area contributed by atoms with Crippen LogP contribution in [0.4, 0.5) is 0 Å². The first-order valence-corrected chi connectivity index (χ1v) is 15.1. The summed E-state index contributed by atoms with van der Waals surface area (Å²) in [4.78, 5) is 0. The molecule has 3 aliphatic rings. The van der Waals surface area contributed by atoms with Gasteiger partial charge in [-0.2, -0.15) is 0 Å². The normalized spacial score (nSPS) is 37.3. The highest BCUT2D eigenvalue weighted by atomic mass is 16.7. The van der Waals surface area contributed by atoms with Gasteiger partial charge in [0.05, 0.1) is 31.0 Å². The van der Waals surface area contributed by atoms with Gasteiger partial charge in [0.2, 0.25) is 0 Å². The van der Waals surface area contributed by atoms with Gasteiger partial charge in [0.25, 0.3) is 0 Å². The largest absolute Gasteiger partial charge is 0.392 e. The van der Waals surface area contributed by atoms with Crippen molar-refractivity contribution in [2.45, 2.75) is 128 Å². The zero-order valence-corrected chi connectivity index (χ0v) is 26.0. The van der Waals surface area contributed by atoms with Gasteiger partial charge in [-0.1, -0.05) is 44.1 Å². The van der Waals surface area contributed by atoms with Gasteiger partial charge in [0, 0.05) is 18.4 Å². The van der Waals surface area contributed by atoms with Crippen LogP contribution in [0.15, 0.2) is 35.5 Å². The van der Waals surface area contributed by atoms with E-state index >= 15 is 0 Å². The topological polar surface area (TPSA) is 138 Å². The first kappa shape index (κ1) is 34.4. The third-order valence-electron chi connectivity index (χ3n) is 9.24. The van der Waals surface area contributed by atoms with Crippen molar-refractivity contribution in [1.29, 1.82) is 0 Å². The monoisotopic (exact) mass is 582 g/mol. The fourth-order valence-electron chi connectivity index (χ4n) is 6.41. The van der Waals surface area contributed by atoms with Gasteiger partial charge in [-0.15, -0.1) is 6.58 Å². The maximum atomic E-state index is 11.5. The summed E-state index contributed by atoms with van der Waals surface area (Å²) in [6.07, 6.45) is -1.98. The molecule has 236 valence electrons. The Balaban J connectivity index is 2.01. The number of aliphatic hydroxyl groups excluding tert-OH is 5. The maximum Gasteiger partial charge on any atom is 0.187 e. The van der Waals surface area contributed by atoms with Crippen molar-refractivity contribution < 1.29 is 44.5 Å². The van der Waals surface area contributed by atoms with Crippen molar-refractivity contribution in [2.24, 2.45) is 17.3 Å². The van der Waals surface area contributed by atoms with Crippen LogP contribution in [0.25, 0.3) is 0 Å². The standard InChI is InChI=1S/C32H54O9/c1-9-22(33)29(41-30-28(37)27(36)26(35)23(40-30)17-39-31(5,6)10-2)25-21(18(3)4)14-24(34)32(25,7)15-19-12-11-13-20(19)16-38-8/h10,15,18,20,22-24,26-30,33-37H,2,9,11-14,16-17H2,1,3-8H3/b19-15+/t20-,22-,23-,24+,26?,27?,28?,29+,30-,32+/m1/s1. The first-order valence-electron chi connectivity index (χ1n) is 15.1. The zero-order chi connectivity index (χ0) is 30.7. The molecule has 9 nitrogen and oxygen atoms in total. The van der Waals surface area contributed by atoms with Crippen molar-refractivity contribution in [2.75, 3.05) is 20.3 Å². The molecule has 3 unspecified atom stereocenters. The Morgan fingerprint density at radius 3 is 2.39 bits per heavy atom. The summed E-state index contributed by atoms with van der Waals surface area (Å²) in [5, 5.41) is 55.2. The summed E-state index contributed by atoms with van der Waals surface area (Å²) in [5.41, 5.74) is 1.47. The predicted octanol–water partition coefficient (Wildman–Crippen LogP) is 3.03. The molecule has 41 heavy (non-hydrogen) atoms. The highest BCUT2D eigenvalue weighted by molar-refractivity contribution is 5.41. The Morgan fingerprint density at radius 2 is 1.80 bits per heavy atom. The SMILES string of the molecule is C=CC(C)(C)OC[C@H]1O[C@H](O[C@H](C2=C(C(C)C)C[C@H](O)[C@]2(C)/C=C2\CCC[C@@H]2COC)[C@H](O)CC)C(O)C(O)C1O. The van der Waals surface area contributed by atoms with E-state index in [1.165, 1.54) is 5.57 Å². The van der Waals surface area contributed by atoms with E-state index in [4.69, 9.17) is 18.9 Å². The molecule has 10 atom stereocenters. The smallest absolute Gasteiger partial charge is 0.187 e. The number of hydrogen-bond acceptors (Lipinski definition) is 9. The third kappa shape index (κ3) is 7.51. The average molecular weight is 583 g/mol. The second kappa shape index (κ2) is 14.1. The van der Waals surface area contributed by atoms with Crippen LogP contribution < -0.4 is 0 Å². The number of rotatable bonds is 13. The molecule has 0 spiro atoms. The highest BCUT2D eigenvalue weighted by Crippen LogP contribution is 2.51. The van der Waals surface area contributed by atoms with Crippen molar-refractivity contribution in [1.82, 2.24) is 0 Å². The molecule has 0 bridgehead atoms. The number of methoxy groups -OCH3 is 1. The quantitative estimate of drug-likeness (QED) is 0.208. The summed E-state index contributed by atoms with van der Waals surface area (Å²) in [5.74, 6) is 0.338. The summed E-state index contributed by atoms with van der Waals surface area (Å²) in [6, 6.07) is 0. The highest BCUT2D eigenvalue weighted by Gasteiger charge is 2.51. The van der Waals surface area contributed by atoms with Crippen LogP contribution >= 0.6 is 0 Å². The van der Waals surface area contributed by atoms with Gasteiger partial charge < -0.3 is 44.5 Å². The summed E-state index contributed by atoms with van der Waals surface area (Å²) < 4.78 is 23.7. The summed E-state index contributed by atoms with van der Waals surface area (Å²) in [6.45, 7) is 15.9. The van der Waals surface area contributed by atoms with E-state index in [2.05, 4.69) is 26.5 Å². The molecule has 0 aromatic carbocycles. The second-order valence-electron chi connectivity index (χ2n) is 13.0. The minimum Gasteiger partial charge on any atom is -0.392 e. The summed E-state index contributed by atoms with van der Waals surface area (Å²) >= 11 is 0. The fourth-order valence-corrected chi connectivity index (χ4v) is 6.41. The third-order valence-corrected chi connectivity index (χ3v) is 9.24. The molecule has 1 heterocycles. The Morgan fingerprint density at radius 1 is 1.12 bits per heavy atom. The van der Waals surface area contributed by atoms with Crippen LogP contribution in [0.1, 0.15) is 73.6 Å². The lowest BCUT2D eigenvalue weighted by atomic mass is 9.74. The second-order valence-corrected chi connectivity index (χ2v) is 13.0. The minimum absolute atomic E-state index is 0.0697. The van der Waals surface area contributed by atoms with Gasteiger partial charge in [-0.25, -0.2) is 0 Å². The van der Waals surface area contributed by atoms with Gasteiger partial charge in [0.15, 0.2) is 6.29 Å².